The lowest BCUT2D eigenvalue weighted by atomic mass is 9.68. The molecular weight excluding hydrogens is 663 g/mol. The summed E-state index contributed by atoms with van der Waals surface area (Å²) in [7, 11) is 1.54. The number of aromatic hydroxyl groups is 1. The van der Waals surface area contributed by atoms with Gasteiger partial charge in [-0.1, -0.05) is 50.0 Å². The Labute approximate surface area is 265 Å². The Kier molecular flexibility index (Phi) is 9.55. The standard InChI is InChI=1S/C33H37IN2O7/c1-4-7-19(13-20-14-26(34)31(37)28(15-20)42-3)11-12-27-29-21(8-5-2)16-24-30(25(29)18-43-27)33(39)35(32(24)38)22-9-6-10-23(17-22)36(40)41/h6,9-10,13-15,17,24-25,27,30,37H,4-5,7-8,11-12,16,18H2,1-3H3/b19-13+/t24-,25+,27-,30-/m1/s1. The van der Waals surface area contributed by atoms with E-state index in [-0.39, 0.29) is 41.0 Å². The number of imide groups is 1. The molecule has 9 nitrogen and oxygen atoms in total. The minimum Gasteiger partial charge on any atom is -0.504 e. The number of phenolic OH excluding ortho intramolecular Hbond substituents is 1. The van der Waals surface area contributed by atoms with Gasteiger partial charge >= 0.3 is 0 Å². The quantitative estimate of drug-likeness (QED) is 0.0866. The third-order valence-corrected chi connectivity index (χ3v) is 9.62. The zero-order valence-corrected chi connectivity index (χ0v) is 26.8. The number of hydrogen-bond donors (Lipinski definition) is 1. The summed E-state index contributed by atoms with van der Waals surface area (Å²) in [6, 6.07) is 9.53. The number of hydrogen-bond acceptors (Lipinski definition) is 7. The topological polar surface area (TPSA) is 119 Å². The number of carbonyl (C=O) groups is 2. The lowest BCUT2D eigenvalue weighted by Crippen LogP contribution is -2.34. The van der Waals surface area contributed by atoms with Gasteiger partial charge in [0.05, 0.1) is 45.8 Å². The second kappa shape index (κ2) is 13.2. The maximum absolute atomic E-state index is 13.8. The maximum atomic E-state index is 13.8. The van der Waals surface area contributed by atoms with E-state index in [4.69, 9.17) is 9.47 Å². The Bertz CT molecular complexity index is 1500. The van der Waals surface area contributed by atoms with Crippen LogP contribution in [-0.4, -0.2) is 41.7 Å². The molecule has 3 aliphatic rings. The van der Waals surface area contributed by atoms with Crippen LogP contribution >= 0.6 is 22.6 Å². The fourth-order valence-corrected chi connectivity index (χ4v) is 7.61. The van der Waals surface area contributed by atoms with Crippen molar-refractivity contribution in [2.24, 2.45) is 17.8 Å². The summed E-state index contributed by atoms with van der Waals surface area (Å²) < 4.78 is 12.5. The van der Waals surface area contributed by atoms with Crippen LogP contribution < -0.4 is 9.64 Å². The third-order valence-electron chi connectivity index (χ3n) is 8.80. The number of nitrogens with zero attached hydrogens (tertiary/aromatic N) is 2. The molecule has 1 N–H and O–H groups in total. The van der Waals surface area contributed by atoms with Gasteiger partial charge in [-0.15, -0.1) is 0 Å². The smallest absolute Gasteiger partial charge is 0.271 e. The van der Waals surface area contributed by atoms with Crippen molar-refractivity contribution in [2.45, 2.75) is 64.9 Å². The van der Waals surface area contributed by atoms with Crippen LogP contribution in [-0.2, 0) is 14.3 Å². The van der Waals surface area contributed by atoms with E-state index in [2.05, 4.69) is 42.5 Å². The van der Waals surface area contributed by atoms with E-state index < -0.39 is 16.8 Å². The van der Waals surface area contributed by atoms with Crippen LogP contribution in [0.15, 0.2) is 53.1 Å². The number of anilines is 1. The number of nitro groups is 1. The molecule has 0 spiro atoms. The molecule has 5 rings (SSSR count). The Morgan fingerprint density at radius 3 is 2.65 bits per heavy atom. The maximum Gasteiger partial charge on any atom is 0.271 e. The van der Waals surface area contributed by atoms with E-state index in [1.54, 1.807) is 13.2 Å². The molecule has 2 saturated heterocycles. The minimum atomic E-state index is -0.524. The number of phenols is 1. The van der Waals surface area contributed by atoms with Crippen molar-refractivity contribution < 1.29 is 29.1 Å². The van der Waals surface area contributed by atoms with E-state index >= 15 is 0 Å². The molecular formula is C33H37IN2O7. The number of methoxy groups -OCH3 is 1. The summed E-state index contributed by atoms with van der Waals surface area (Å²) in [5.74, 6) is -1.17. The molecule has 43 heavy (non-hydrogen) atoms. The first kappa shape index (κ1) is 31.2. The van der Waals surface area contributed by atoms with Gasteiger partial charge in [0.15, 0.2) is 11.5 Å². The Hall–Kier alpha value is -3.25. The van der Waals surface area contributed by atoms with Crippen LogP contribution in [0.25, 0.3) is 6.08 Å². The van der Waals surface area contributed by atoms with Crippen LogP contribution in [0.3, 0.4) is 0 Å². The van der Waals surface area contributed by atoms with Gasteiger partial charge in [0.25, 0.3) is 5.69 Å². The molecule has 2 fully saturated rings. The molecule has 2 heterocycles. The van der Waals surface area contributed by atoms with Gasteiger partial charge in [-0.2, -0.15) is 0 Å². The lowest BCUT2D eigenvalue weighted by molar-refractivity contribution is -0.384. The molecule has 0 radical (unpaired) electrons. The molecule has 2 amide bonds. The zero-order chi connectivity index (χ0) is 30.8. The number of allylic oxidation sites excluding steroid dienone is 2. The lowest BCUT2D eigenvalue weighted by Gasteiger charge is -2.32. The summed E-state index contributed by atoms with van der Waals surface area (Å²) in [6.45, 7) is 4.65. The number of rotatable bonds is 11. The summed E-state index contributed by atoms with van der Waals surface area (Å²) in [4.78, 5) is 39.5. The molecule has 4 atom stereocenters. The molecule has 2 aromatic carbocycles. The summed E-state index contributed by atoms with van der Waals surface area (Å²) in [5.41, 5.74) is 4.74. The van der Waals surface area contributed by atoms with Crippen molar-refractivity contribution in [1.29, 1.82) is 0 Å². The van der Waals surface area contributed by atoms with Gasteiger partial charge in [0.2, 0.25) is 11.8 Å². The van der Waals surface area contributed by atoms with Gasteiger partial charge < -0.3 is 14.6 Å². The normalized spacial score (nSPS) is 23.5. The van der Waals surface area contributed by atoms with Gasteiger partial charge in [0, 0.05) is 18.1 Å². The molecule has 2 aliphatic heterocycles. The van der Waals surface area contributed by atoms with Gasteiger partial charge in [-0.25, -0.2) is 4.90 Å². The molecule has 1 aliphatic carbocycles. The van der Waals surface area contributed by atoms with Crippen molar-refractivity contribution >= 4 is 51.9 Å². The van der Waals surface area contributed by atoms with Gasteiger partial charge in [-0.3, -0.25) is 19.7 Å². The second-order valence-electron chi connectivity index (χ2n) is 11.5. The molecule has 10 heteroatoms. The van der Waals surface area contributed by atoms with Crippen LogP contribution in [0.5, 0.6) is 11.5 Å². The third kappa shape index (κ3) is 6.08. The van der Waals surface area contributed by atoms with E-state index in [1.807, 2.05) is 12.1 Å². The number of benzene rings is 2. The Balaban J connectivity index is 1.39. The van der Waals surface area contributed by atoms with E-state index in [1.165, 1.54) is 34.9 Å². The van der Waals surface area contributed by atoms with Crippen molar-refractivity contribution in [2.75, 3.05) is 18.6 Å². The van der Waals surface area contributed by atoms with Crippen LogP contribution in [0.4, 0.5) is 11.4 Å². The highest BCUT2D eigenvalue weighted by Gasteiger charge is 2.57. The van der Waals surface area contributed by atoms with Crippen molar-refractivity contribution in [3.05, 3.63) is 72.4 Å². The average Bonchev–Trinajstić information content (AvgIpc) is 3.52. The van der Waals surface area contributed by atoms with Crippen molar-refractivity contribution in [3.63, 3.8) is 0 Å². The molecule has 0 bridgehead atoms. The van der Waals surface area contributed by atoms with Gasteiger partial charge in [0.1, 0.15) is 0 Å². The van der Waals surface area contributed by atoms with Crippen molar-refractivity contribution in [3.8, 4) is 11.5 Å². The zero-order valence-electron chi connectivity index (χ0n) is 24.7. The van der Waals surface area contributed by atoms with Crippen LogP contribution in [0.2, 0.25) is 0 Å². The monoisotopic (exact) mass is 700 g/mol. The number of ether oxygens (including phenoxy) is 2. The molecule has 2 aromatic rings. The summed E-state index contributed by atoms with van der Waals surface area (Å²) >= 11 is 2.10. The van der Waals surface area contributed by atoms with E-state index in [9.17, 15) is 24.8 Å². The largest absolute Gasteiger partial charge is 0.504 e. The van der Waals surface area contributed by atoms with Crippen LogP contribution in [0.1, 0.15) is 64.4 Å². The molecule has 0 aromatic heterocycles. The Morgan fingerprint density at radius 2 is 1.95 bits per heavy atom. The number of fused-ring (bicyclic) bond motifs is 3. The summed E-state index contributed by atoms with van der Waals surface area (Å²) in [5, 5.41) is 21.6. The van der Waals surface area contributed by atoms with Crippen molar-refractivity contribution in [1.82, 2.24) is 0 Å². The van der Waals surface area contributed by atoms with Gasteiger partial charge in [-0.05, 0) is 84.0 Å². The van der Waals surface area contributed by atoms with E-state index in [0.717, 1.165) is 52.6 Å². The predicted molar refractivity (Wildman–Crippen MR) is 172 cm³/mol. The molecule has 228 valence electrons. The highest BCUT2D eigenvalue weighted by Crippen LogP contribution is 2.51. The SMILES string of the molecule is CCCC1=C2[C@@H](CC/C(=C/c3cc(I)c(O)c(OC)c3)CCC)OC[C@@H]2[C@@H]2C(=O)N(c3cccc([N+](=O)[O-])c3)C(=O)[C@@H]2C1. The minimum absolute atomic E-state index is 0.128. The average molecular weight is 701 g/mol. The highest BCUT2D eigenvalue weighted by atomic mass is 127. The fourth-order valence-electron chi connectivity index (χ4n) is 6.99. The predicted octanol–water partition coefficient (Wildman–Crippen LogP) is 7.20. The van der Waals surface area contributed by atoms with Crippen LogP contribution in [0, 0.1) is 31.4 Å². The fraction of sp³-hybridized carbons (Fsp3) is 0.455. The first-order chi connectivity index (χ1) is 20.7. The van der Waals surface area contributed by atoms with E-state index in [0.29, 0.717) is 18.8 Å². The first-order valence-corrected chi connectivity index (χ1v) is 16.0. The number of non-ortho nitro benzene ring substituents is 1. The first-order valence-electron chi connectivity index (χ1n) is 14.9. The number of halogens is 1. The molecule has 0 saturated carbocycles. The molecule has 0 unspecified atom stereocenters. The Morgan fingerprint density at radius 1 is 1.16 bits per heavy atom. The number of nitro benzene ring substituents is 1. The number of carbonyl (C=O) groups excluding carboxylic acids is 2. The number of amides is 2. The highest BCUT2D eigenvalue weighted by molar-refractivity contribution is 14.1. The summed E-state index contributed by atoms with van der Waals surface area (Å²) in [6.07, 6.45) is 7.82. The second-order valence-corrected chi connectivity index (χ2v) is 12.7.